The molecule has 0 aliphatic rings. The number of rotatable bonds is 3. The highest BCUT2D eigenvalue weighted by molar-refractivity contribution is 9.10. The van der Waals surface area contributed by atoms with Gasteiger partial charge in [-0.1, -0.05) is 27.5 Å². The third kappa shape index (κ3) is 2.60. The van der Waals surface area contributed by atoms with Gasteiger partial charge in [0.05, 0.1) is 16.9 Å². The first-order valence-electron chi connectivity index (χ1n) is 4.67. The molecule has 1 aromatic carbocycles. The van der Waals surface area contributed by atoms with Crippen LogP contribution in [0.1, 0.15) is 0 Å². The maximum absolute atomic E-state index is 12.0. The lowest BCUT2D eigenvalue weighted by Gasteiger charge is -2.09. The maximum Gasteiger partial charge on any atom is 0.267 e. The van der Waals surface area contributed by atoms with Gasteiger partial charge in [-0.15, -0.1) is 0 Å². The van der Waals surface area contributed by atoms with Gasteiger partial charge in [0.15, 0.2) is 0 Å². The predicted octanol–water partition coefficient (Wildman–Crippen LogP) is 2.21. The van der Waals surface area contributed by atoms with E-state index in [2.05, 4.69) is 30.8 Å². The number of aromatic nitrogens is 2. The molecule has 96 valence electrons. The maximum atomic E-state index is 12.0. The lowest BCUT2D eigenvalue weighted by Crippen LogP contribution is -2.14. The molecule has 4 N–H and O–H groups in total. The van der Waals surface area contributed by atoms with Crippen molar-refractivity contribution in [2.24, 2.45) is 0 Å². The molecule has 0 atom stereocenters. The third-order valence-electron chi connectivity index (χ3n) is 2.09. The molecule has 1 aromatic heterocycles. The second-order valence-corrected chi connectivity index (χ2v) is 6.35. The highest BCUT2D eigenvalue weighted by atomic mass is 79.9. The van der Waals surface area contributed by atoms with Gasteiger partial charge in [-0.25, -0.2) is 8.42 Å². The summed E-state index contributed by atoms with van der Waals surface area (Å²) in [7, 11) is -3.81. The van der Waals surface area contributed by atoms with E-state index < -0.39 is 10.0 Å². The van der Waals surface area contributed by atoms with Gasteiger partial charge in [0.1, 0.15) is 10.7 Å². The van der Waals surface area contributed by atoms with Crippen LogP contribution in [-0.2, 0) is 10.0 Å². The summed E-state index contributed by atoms with van der Waals surface area (Å²) in [6.07, 6.45) is 1.13. The molecule has 0 aliphatic heterocycles. The Morgan fingerprint density at radius 3 is 2.78 bits per heavy atom. The minimum Gasteiger partial charge on any atom is -0.383 e. The van der Waals surface area contributed by atoms with E-state index in [4.69, 9.17) is 17.3 Å². The van der Waals surface area contributed by atoms with Crippen molar-refractivity contribution in [1.82, 2.24) is 10.2 Å². The van der Waals surface area contributed by atoms with Crippen LogP contribution in [-0.4, -0.2) is 18.6 Å². The van der Waals surface area contributed by atoms with Crippen LogP contribution >= 0.6 is 27.5 Å². The van der Waals surface area contributed by atoms with Crippen LogP contribution in [0.25, 0.3) is 0 Å². The molecule has 2 aromatic rings. The van der Waals surface area contributed by atoms with Gasteiger partial charge >= 0.3 is 0 Å². The zero-order valence-corrected chi connectivity index (χ0v) is 12.0. The van der Waals surface area contributed by atoms with Crippen LogP contribution in [0.3, 0.4) is 0 Å². The first kappa shape index (κ1) is 13.2. The van der Waals surface area contributed by atoms with Crippen LogP contribution in [0.2, 0.25) is 5.02 Å². The number of hydrogen-bond acceptors (Lipinski definition) is 4. The zero-order valence-electron chi connectivity index (χ0n) is 8.81. The first-order chi connectivity index (χ1) is 8.40. The van der Waals surface area contributed by atoms with Crippen molar-refractivity contribution in [2.45, 2.75) is 4.90 Å². The summed E-state index contributed by atoms with van der Waals surface area (Å²) in [5.74, 6) is -0.0337. The highest BCUT2D eigenvalue weighted by Gasteiger charge is 2.20. The molecule has 9 heteroatoms. The number of anilines is 2. The Morgan fingerprint density at radius 1 is 1.44 bits per heavy atom. The second-order valence-electron chi connectivity index (χ2n) is 3.38. The lowest BCUT2D eigenvalue weighted by molar-refractivity contribution is 0.601. The van der Waals surface area contributed by atoms with E-state index >= 15 is 0 Å². The molecule has 18 heavy (non-hydrogen) atoms. The number of sulfonamides is 1. The van der Waals surface area contributed by atoms with Crippen molar-refractivity contribution in [1.29, 1.82) is 0 Å². The third-order valence-corrected chi connectivity index (χ3v) is 4.31. The van der Waals surface area contributed by atoms with Crippen LogP contribution in [0, 0.1) is 0 Å². The number of aromatic amines is 1. The number of nitrogen functional groups attached to an aromatic ring is 1. The average Bonchev–Trinajstić information content (AvgIpc) is 2.70. The molecule has 1 heterocycles. The molecule has 0 spiro atoms. The van der Waals surface area contributed by atoms with Gasteiger partial charge in [-0.3, -0.25) is 9.82 Å². The normalized spacial score (nSPS) is 11.4. The standard InChI is InChI=1S/C9H8BrClN4O2S/c10-5-1-2-6(11)7(3-5)15-18(16,17)8-4-13-14-9(8)12/h1-4,15H,(H3,12,13,14). The Hall–Kier alpha value is -1.25. The molecule has 0 unspecified atom stereocenters. The van der Waals surface area contributed by atoms with Gasteiger partial charge in [0, 0.05) is 4.47 Å². The second kappa shape index (κ2) is 4.79. The molecule has 0 amide bonds. The fourth-order valence-electron chi connectivity index (χ4n) is 1.27. The summed E-state index contributed by atoms with van der Waals surface area (Å²) in [5, 5.41) is 6.19. The van der Waals surface area contributed by atoms with Gasteiger partial charge in [0.25, 0.3) is 10.0 Å². The van der Waals surface area contributed by atoms with Crippen LogP contribution in [0.15, 0.2) is 33.8 Å². The summed E-state index contributed by atoms with van der Waals surface area (Å²) in [6, 6.07) is 4.82. The smallest absolute Gasteiger partial charge is 0.267 e. The van der Waals surface area contributed by atoms with Gasteiger partial charge in [-0.05, 0) is 18.2 Å². The topological polar surface area (TPSA) is 101 Å². The van der Waals surface area contributed by atoms with Gasteiger partial charge < -0.3 is 5.73 Å². The molecule has 6 nitrogen and oxygen atoms in total. The summed E-state index contributed by atoms with van der Waals surface area (Å²) in [4.78, 5) is -0.126. The Bertz CT molecular complexity index is 686. The van der Waals surface area contributed by atoms with E-state index in [1.54, 1.807) is 18.2 Å². The van der Waals surface area contributed by atoms with Crippen molar-refractivity contribution in [3.8, 4) is 0 Å². The number of nitrogens with zero attached hydrogens (tertiary/aromatic N) is 1. The largest absolute Gasteiger partial charge is 0.383 e. The summed E-state index contributed by atoms with van der Waals surface area (Å²) in [6.45, 7) is 0. The Kier molecular flexibility index (Phi) is 3.51. The van der Waals surface area contributed by atoms with Crippen molar-refractivity contribution < 1.29 is 8.42 Å². The zero-order chi connectivity index (χ0) is 13.3. The monoisotopic (exact) mass is 350 g/mol. The summed E-state index contributed by atoms with van der Waals surface area (Å²) in [5.41, 5.74) is 5.72. The van der Waals surface area contributed by atoms with E-state index in [-0.39, 0.29) is 21.4 Å². The molecule has 0 saturated carbocycles. The molecule has 0 aliphatic carbocycles. The number of hydrogen-bond donors (Lipinski definition) is 3. The van der Waals surface area contributed by atoms with Crippen molar-refractivity contribution in [3.05, 3.63) is 33.9 Å². The molecule has 0 fully saturated rings. The molecular formula is C9H8BrClN4O2S. The Labute approximate surface area is 117 Å². The fraction of sp³-hybridized carbons (Fsp3) is 0. The van der Waals surface area contributed by atoms with Gasteiger partial charge in [0.2, 0.25) is 0 Å². The minimum atomic E-state index is -3.81. The predicted molar refractivity (Wildman–Crippen MR) is 73.0 cm³/mol. The summed E-state index contributed by atoms with van der Waals surface area (Å²) >= 11 is 9.13. The number of H-pyrrole nitrogens is 1. The summed E-state index contributed by atoms with van der Waals surface area (Å²) < 4.78 is 27.1. The van der Waals surface area contributed by atoms with Crippen LogP contribution < -0.4 is 10.5 Å². The van der Waals surface area contributed by atoms with E-state index in [1.807, 2.05) is 0 Å². The minimum absolute atomic E-state index is 0.0337. The average molecular weight is 352 g/mol. The van der Waals surface area contributed by atoms with Gasteiger partial charge in [-0.2, -0.15) is 5.10 Å². The van der Waals surface area contributed by atoms with Crippen LogP contribution in [0.4, 0.5) is 11.5 Å². The quantitative estimate of drug-likeness (QED) is 0.789. The fourth-order valence-corrected chi connectivity index (χ4v) is 2.95. The number of nitrogens with two attached hydrogens (primary N) is 1. The first-order valence-corrected chi connectivity index (χ1v) is 7.32. The Balaban J connectivity index is 2.40. The van der Waals surface area contributed by atoms with E-state index in [9.17, 15) is 8.42 Å². The molecule has 0 bridgehead atoms. The molecule has 2 rings (SSSR count). The van der Waals surface area contributed by atoms with E-state index in [0.717, 1.165) is 6.20 Å². The van der Waals surface area contributed by atoms with Crippen LogP contribution in [0.5, 0.6) is 0 Å². The SMILES string of the molecule is Nc1[nH]ncc1S(=O)(=O)Nc1cc(Br)ccc1Cl. The number of nitrogens with one attached hydrogen (secondary N) is 2. The number of halogens is 2. The molecule has 0 radical (unpaired) electrons. The Morgan fingerprint density at radius 2 is 2.17 bits per heavy atom. The van der Waals surface area contributed by atoms with E-state index in [1.165, 1.54) is 0 Å². The van der Waals surface area contributed by atoms with Crippen molar-refractivity contribution in [3.63, 3.8) is 0 Å². The number of benzene rings is 1. The highest BCUT2D eigenvalue weighted by Crippen LogP contribution is 2.28. The van der Waals surface area contributed by atoms with Crippen molar-refractivity contribution >= 4 is 49.1 Å². The lowest BCUT2D eigenvalue weighted by atomic mass is 10.3. The molecule has 0 saturated heterocycles. The van der Waals surface area contributed by atoms with Crippen molar-refractivity contribution in [2.75, 3.05) is 10.5 Å². The molecular weight excluding hydrogens is 344 g/mol. The van der Waals surface area contributed by atoms with E-state index in [0.29, 0.717) is 4.47 Å².